The normalized spacial score (nSPS) is 12.3. The van der Waals surface area contributed by atoms with Crippen molar-refractivity contribution in [1.82, 2.24) is 9.61 Å². The van der Waals surface area contributed by atoms with Crippen LogP contribution in [0.25, 0.3) is 5.52 Å². The molecule has 2 aromatic rings. The summed E-state index contributed by atoms with van der Waals surface area (Å²) in [6.45, 7) is 5.00. The molecule has 6 nitrogen and oxygen atoms in total. The molecule has 0 spiro atoms. The Morgan fingerprint density at radius 2 is 1.92 bits per heavy atom. The summed E-state index contributed by atoms with van der Waals surface area (Å²) < 4.78 is 44.8. The number of anilines is 1. The average Bonchev–Trinajstić information content (AvgIpc) is 2.88. The van der Waals surface area contributed by atoms with E-state index in [0.717, 1.165) is 15.5 Å². The van der Waals surface area contributed by atoms with Crippen molar-refractivity contribution >= 4 is 23.7 Å². The second kappa shape index (κ2) is 5.81. The fourth-order valence-electron chi connectivity index (χ4n) is 2.00. The summed E-state index contributed by atoms with van der Waals surface area (Å²) in [4.78, 5) is 24.2. The van der Waals surface area contributed by atoms with Gasteiger partial charge >= 0.3 is 12.3 Å². The monoisotopic (exact) mass is 343 g/mol. The van der Waals surface area contributed by atoms with Crippen molar-refractivity contribution in [3.8, 4) is 0 Å². The zero-order chi connectivity index (χ0) is 18.3. The minimum atomic E-state index is -4.67. The summed E-state index contributed by atoms with van der Waals surface area (Å²) in [6, 6.07) is 3.41. The third kappa shape index (κ3) is 3.50. The van der Waals surface area contributed by atoms with Gasteiger partial charge in [0, 0.05) is 12.6 Å². The lowest BCUT2D eigenvalue weighted by Gasteiger charge is -2.25. The highest BCUT2D eigenvalue weighted by Crippen LogP contribution is 2.31. The first-order valence-corrected chi connectivity index (χ1v) is 6.96. The van der Waals surface area contributed by atoms with Crippen LogP contribution in [0, 0.1) is 0 Å². The molecule has 0 aliphatic carbocycles. The third-order valence-corrected chi connectivity index (χ3v) is 3.06. The van der Waals surface area contributed by atoms with E-state index in [1.165, 1.54) is 19.2 Å². The SMILES string of the molecule is CN(C(=O)OC(C)(C)C)c1ccc(C=O)c2cc(C(F)(F)F)nn12. The van der Waals surface area contributed by atoms with E-state index in [2.05, 4.69) is 5.10 Å². The van der Waals surface area contributed by atoms with E-state index in [1.54, 1.807) is 20.8 Å². The van der Waals surface area contributed by atoms with Crippen LogP contribution < -0.4 is 4.90 Å². The van der Waals surface area contributed by atoms with Gasteiger partial charge in [0.05, 0.1) is 5.52 Å². The lowest BCUT2D eigenvalue weighted by atomic mass is 10.2. The molecular weight excluding hydrogens is 327 g/mol. The largest absolute Gasteiger partial charge is 0.443 e. The van der Waals surface area contributed by atoms with E-state index in [0.29, 0.717) is 6.29 Å². The number of aldehydes is 1. The summed E-state index contributed by atoms with van der Waals surface area (Å²) in [5.74, 6) is 0.0420. The van der Waals surface area contributed by atoms with Gasteiger partial charge < -0.3 is 4.74 Å². The molecular formula is C15H16F3N3O3. The Morgan fingerprint density at radius 3 is 2.42 bits per heavy atom. The first-order valence-electron chi connectivity index (χ1n) is 6.96. The number of nitrogens with zero attached hydrogens (tertiary/aromatic N) is 3. The van der Waals surface area contributed by atoms with Gasteiger partial charge in [-0.3, -0.25) is 9.69 Å². The molecule has 0 unspecified atom stereocenters. The van der Waals surface area contributed by atoms with E-state index in [-0.39, 0.29) is 16.9 Å². The molecule has 0 radical (unpaired) electrons. The maximum absolute atomic E-state index is 12.9. The van der Waals surface area contributed by atoms with Gasteiger partial charge in [0.1, 0.15) is 11.4 Å². The standard InChI is InChI=1S/C15H16F3N3O3/c1-14(2,3)24-13(23)20(4)12-6-5-9(8-22)10-7-11(15(16,17)18)19-21(10)12/h5-8H,1-4H3. The Hall–Kier alpha value is -2.58. The molecule has 1 amide bonds. The Labute approximate surface area is 135 Å². The average molecular weight is 343 g/mol. The maximum Gasteiger partial charge on any atom is 0.435 e. The number of fused-ring (bicyclic) bond motifs is 1. The third-order valence-electron chi connectivity index (χ3n) is 3.06. The summed E-state index contributed by atoms with van der Waals surface area (Å²) in [6.07, 6.45) is -5.01. The molecule has 0 atom stereocenters. The summed E-state index contributed by atoms with van der Waals surface area (Å²) >= 11 is 0. The fraction of sp³-hybridized carbons (Fsp3) is 0.400. The number of halogens is 3. The highest BCUT2D eigenvalue weighted by molar-refractivity contribution is 5.90. The van der Waals surface area contributed by atoms with Crippen molar-refractivity contribution in [2.45, 2.75) is 32.5 Å². The number of hydrogen-bond donors (Lipinski definition) is 0. The molecule has 2 aromatic heterocycles. The highest BCUT2D eigenvalue weighted by Gasteiger charge is 2.35. The van der Waals surface area contributed by atoms with Crippen LogP contribution in [0.4, 0.5) is 23.8 Å². The van der Waals surface area contributed by atoms with Crippen LogP contribution in [-0.2, 0) is 10.9 Å². The minimum Gasteiger partial charge on any atom is -0.443 e. The molecule has 0 fully saturated rings. The zero-order valence-electron chi connectivity index (χ0n) is 13.5. The molecule has 24 heavy (non-hydrogen) atoms. The summed E-state index contributed by atoms with van der Waals surface area (Å²) in [5.41, 5.74) is -1.95. The predicted molar refractivity (Wildman–Crippen MR) is 80.2 cm³/mol. The minimum absolute atomic E-state index is 0.0272. The number of rotatable bonds is 2. The van der Waals surface area contributed by atoms with Gasteiger partial charge in [-0.25, -0.2) is 9.31 Å². The van der Waals surface area contributed by atoms with Crippen LogP contribution in [0.2, 0.25) is 0 Å². The van der Waals surface area contributed by atoms with Crippen molar-refractivity contribution in [2.24, 2.45) is 0 Å². The van der Waals surface area contributed by atoms with Crippen LogP contribution in [-0.4, -0.2) is 34.6 Å². The summed E-state index contributed by atoms with van der Waals surface area (Å²) in [5, 5.41) is 3.48. The van der Waals surface area contributed by atoms with Crippen LogP contribution in [0.1, 0.15) is 36.8 Å². The van der Waals surface area contributed by atoms with E-state index in [9.17, 15) is 22.8 Å². The highest BCUT2D eigenvalue weighted by atomic mass is 19.4. The Balaban J connectivity index is 2.57. The van der Waals surface area contributed by atoms with E-state index < -0.39 is 23.6 Å². The molecule has 0 N–H and O–H groups in total. The lowest BCUT2D eigenvalue weighted by molar-refractivity contribution is -0.141. The van der Waals surface area contributed by atoms with Gasteiger partial charge in [0.2, 0.25) is 0 Å². The fourth-order valence-corrected chi connectivity index (χ4v) is 2.00. The van der Waals surface area contributed by atoms with Gasteiger partial charge in [-0.2, -0.15) is 18.3 Å². The molecule has 0 saturated carbocycles. The van der Waals surface area contributed by atoms with E-state index >= 15 is 0 Å². The molecule has 2 rings (SSSR count). The molecule has 0 saturated heterocycles. The second-order valence-corrected chi connectivity index (χ2v) is 6.13. The molecule has 0 bridgehead atoms. The Morgan fingerprint density at radius 1 is 1.29 bits per heavy atom. The quantitative estimate of drug-likeness (QED) is 0.783. The lowest BCUT2D eigenvalue weighted by Crippen LogP contribution is -2.35. The van der Waals surface area contributed by atoms with Gasteiger partial charge in [0.25, 0.3) is 0 Å². The number of alkyl halides is 3. The van der Waals surface area contributed by atoms with E-state index in [4.69, 9.17) is 4.74 Å². The smallest absolute Gasteiger partial charge is 0.435 e. The maximum atomic E-state index is 12.9. The van der Waals surface area contributed by atoms with Crippen LogP contribution in [0.3, 0.4) is 0 Å². The van der Waals surface area contributed by atoms with Gasteiger partial charge in [0.15, 0.2) is 12.0 Å². The number of carbonyl (C=O) groups is 2. The van der Waals surface area contributed by atoms with Crippen molar-refractivity contribution < 1.29 is 27.5 Å². The zero-order valence-corrected chi connectivity index (χ0v) is 13.5. The van der Waals surface area contributed by atoms with Crippen molar-refractivity contribution in [1.29, 1.82) is 0 Å². The van der Waals surface area contributed by atoms with Crippen LogP contribution >= 0.6 is 0 Å². The Kier molecular flexibility index (Phi) is 4.30. The summed E-state index contributed by atoms with van der Waals surface area (Å²) in [7, 11) is 1.35. The van der Waals surface area contributed by atoms with Crippen LogP contribution in [0.5, 0.6) is 0 Å². The van der Waals surface area contributed by atoms with Crippen molar-refractivity contribution in [3.05, 3.63) is 29.5 Å². The number of amides is 1. The molecule has 0 aliphatic heterocycles. The van der Waals surface area contributed by atoms with Gasteiger partial charge in [-0.15, -0.1) is 0 Å². The number of pyridine rings is 1. The molecule has 0 aromatic carbocycles. The van der Waals surface area contributed by atoms with Gasteiger partial charge in [-0.1, -0.05) is 0 Å². The molecule has 9 heteroatoms. The second-order valence-electron chi connectivity index (χ2n) is 6.13. The number of hydrogen-bond acceptors (Lipinski definition) is 4. The molecule has 130 valence electrons. The molecule has 0 aliphatic rings. The van der Waals surface area contributed by atoms with Crippen LogP contribution in [0.15, 0.2) is 18.2 Å². The van der Waals surface area contributed by atoms with Crippen molar-refractivity contribution in [2.75, 3.05) is 11.9 Å². The topological polar surface area (TPSA) is 63.9 Å². The Bertz CT molecular complexity index is 791. The molecule has 2 heterocycles. The first kappa shape index (κ1) is 17.8. The van der Waals surface area contributed by atoms with E-state index in [1.807, 2.05) is 0 Å². The van der Waals surface area contributed by atoms with Crippen molar-refractivity contribution in [3.63, 3.8) is 0 Å². The number of carbonyl (C=O) groups excluding carboxylic acids is 2. The van der Waals surface area contributed by atoms with Gasteiger partial charge in [-0.05, 0) is 39.0 Å². The first-order chi connectivity index (χ1) is 10.9. The number of ether oxygens (including phenoxy) is 1. The number of aromatic nitrogens is 2. The predicted octanol–water partition coefficient (Wildman–Crippen LogP) is 3.54.